The van der Waals surface area contributed by atoms with Crippen LogP contribution in [0.4, 0.5) is 13.6 Å². The number of aliphatic hydroxyl groups excluding tert-OH is 1. The van der Waals surface area contributed by atoms with Crippen molar-refractivity contribution in [2.45, 2.75) is 31.9 Å². The minimum Gasteiger partial charge on any atom is -0.445 e. The Hall–Kier alpha value is -1.69. The maximum Gasteiger partial charge on any atom is 0.410 e. The topological polar surface area (TPSA) is 49.8 Å². The molecule has 21 heavy (non-hydrogen) atoms. The van der Waals surface area contributed by atoms with Gasteiger partial charge in [0.25, 0.3) is 5.92 Å². The summed E-state index contributed by atoms with van der Waals surface area (Å²) in [6.07, 6.45) is -1.15. The first kappa shape index (κ1) is 15.7. The third-order valence-electron chi connectivity index (χ3n) is 3.71. The van der Waals surface area contributed by atoms with Crippen LogP contribution >= 0.6 is 0 Å². The van der Waals surface area contributed by atoms with Crippen LogP contribution in [0.15, 0.2) is 30.3 Å². The average Bonchev–Trinajstić information content (AvgIpc) is 2.44. The summed E-state index contributed by atoms with van der Waals surface area (Å²) >= 11 is 0. The lowest BCUT2D eigenvalue weighted by Gasteiger charge is -2.41. The first-order valence-electron chi connectivity index (χ1n) is 6.89. The Kier molecular flexibility index (Phi) is 4.77. The fourth-order valence-electron chi connectivity index (χ4n) is 2.63. The van der Waals surface area contributed by atoms with Crippen molar-refractivity contribution >= 4 is 6.09 Å². The summed E-state index contributed by atoms with van der Waals surface area (Å²) in [6, 6.07) is 8.37. The number of carbonyl (C=O) groups excluding carboxylic acids is 1. The quantitative estimate of drug-likeness (QED) is 0.933. The first-order valence-corrected chi connectivity index (χ1v) is 6.89. The highest BCUT2D eigenvalue weighted by Crippen LogP contribution is 2.34. The number of alkyl halides is 2. The van der Waals surface area contributed by atoms with Crippen molar-refractivity contribution in [2.75, 3.05) is 13.2 Å². The molecule has 1 N–H and O–H groups in total. The van der Waals surface area contributed by atoms with Crippen molar-refractivity contribution in [3.8, 4) is 0 Å². The summed E-state index contributed by atoms with van der Waals surface area (Å²) in [5, 5.41) is 9.34. The van der Waals surface area contributed by atoms with Gasteiger partial charge in [0.15, 0.2) is 0 Å². The molecule has 2 rings (SSSR count). The van der Waals surface area contributed by atoms with E-state index < -0.39 is 30.5 Å². The first-order chi connectivity index (χ1) is 9.93. The normalized spacial score (nSPS) is 24.7. The van der Waals surface area contributed by atoms with Crippen LogP contribution in [0.25, 0.3) is 0 Å². The van der Waals surface area contributed by atoms with Gasteiger partial charge in [-0.1, -0.05) is 37.3 Å². The molecular weight excluding hydrogens is 280 g/mol. The molecule has 0 saturated carbocycles. The van der Waals surface area contributed by atoms with Gasteiger partial charge in [0.05, 0.1) is 19.2 Å². The average molecular weight is 299 g/mol. The van der Waals surface area contributed by atoms with Gasteiger partial charge < -0.3 is 9.84 Å². The maximum absolute atomic E-state index is 13.6. The molecule has 1 aliphatic rings. The number of amides is 1. The van der Waals surface area contributed by atoms with Gasteiger partial charge in [0.2, 0.25) is 0 Å². The largest absolute Gasteiger partial charge is 0.445 e. The fourth-order valence-corrected chi connectivity index (χ4v) is 2.63. The number of halogens is 2. The third kappa shape index (κ3) is 3.91. The van der Waals surface area contributed by atoms with Crippen LogP contribution in [0.3, 0.4) is 0 Å². The van der Waals surface area contributed by atoms with E-state index in [0.29, 0.717) is 0 Å². The predicted molar refractivity (Wildman–Crippen MR) is 72.9 cm³/mol. The van der Waals surface area contributed by atoms with Gasteiger partial charge in [-0.2, -0.15) is 0 Å². The van der Waals surface area contributed by atoms with Crippen molar-refractivity contribution in [2.24, 2.45) is 5.92 Å². The number of hydrogen-bond donors (Lipinski definition) is 1. The van der Waals surface area contributed by atoms with Crippen molar-refractivity contribution in [3.63, 3.8) is 0 Å². The van der Waals surface area contributed by atoms with Crippen LogP contribution < -0.4 is 0 Å². The third-order valence-corrected chi connectivity index (χ3v) is 3.71. The van der Waals surface area contributed by atoms with E-state index in [2.05, 4.69) is 0 Å². The van der Waals surface area contributed by atoms with E-state index in [1.165, 1.54) is 0 Å². The molecule has 0 spiro atoms. The molecule has 1 saturated heterocycles. The Labute approximate surface area is 122 Å². The van der Waals surface area contributed by atoms with E-state index in [4.69, 9.17) is 4.74 Å². The Balaban J connectivity index is 2.01. The van der Waals surface area contributed by atoms with Crippen molar-refractivity contribution < 1.29 is 23.4 Å². The van der Waals surface area contributed by atoms with Gasteiger partial charge in [-0.15, -0.1) is 0 Å². The smallest absolute Gasteiger partial charge is 0.410 e. The van der Waals surface area contributed by atoms with Crippen molar-refractivity contribution in [1.29, 1.82) is 0 Å². The second-order valence-corrected chi connectivity index (χ2v) is 5.46. The van der Waals surface area contributed by atoms with E-state index in [0.717, 1.165) is 10.5 Å². The number of piperidine rings is 1. The van der Waals surface area contributed by atoms with Crippen LogP contribution in [-0.2, 0) is 11.3 Å². The Morgan fingerprint density at radius 3 is 2.71 bits per heavy atom. The van der Waals surface area contributed by atoms with E-state index >= 15 is 0 Å². The van der Waals surface area contributed by atoms with E-state index in [1.54, 1.807) is 31.2 Å². The molecule has 1 heterocycles. The summed E-state index contributed by atoms with van der Waals surface area (Å²) in [7, 11) is 0. The second-order valence-electron chi connectivity index (χ2n) is 5.46. The Morgan fingerprint density at radius 2 is 2.10 bits per heavy atom. The minimum atomic E-state index is -2.95. The zero-order chi connectivity index (χ0) is 15.5. The number of rotatable bonds is 3. The summed E-state index contributed by atoms with van der Waals surface area (Å²) in [5.41, 5.74) is 0.781. The number of ether oxygens (including phenoxy) is 1. The molecule has 1 aromatic rings. The summed E-state index contributed by atoms with van der Waals surface area (Å²) < 4.78 is 32.3. The van der Waals surface area contributed by atoms with Crippen molar-refractivity contribution in [1.82, 2.24) is 4.90 Å². The molecule has 2 unspecified atom stereocenters. The van der Waals surface area contributed by atoms with Gasteiger partial charge in [0.1, 0.15) is 6.61 Å². The molecule has 2 atom stereocenters. The van der Waals surface area contributed by atoms with E-state index in [9.17, 15) is 18.7 Å². The Morgan fingerprint density at radius 1 is 1.43 bits per heavy atom. The highest BCUT2D eigenvalue weighted by molar-refractivity contribution is 5.68. The van der Waals surface area contributed by atoms with Crippen LogP contribution in [0.1, 0.15) is 18.9 Å². The van der Waals surface area contributed by atoms with Crippen LogP contribution in [0, 0.1) is 5.92 Å². The van der Waals surface area contributed by atoms with E-state index in [-0.39, 0.29) is 19.6 Å². The summed E-state index contributed by atoms with van der Waals surface area (Å²) in [5.74, 6) is -3.43. The molecule has 1 amide bonds. The van der Waals surface area contributed by atoms with Crippen LogP contribution in [0.5, 0.6) is 0 Å². The molecule has 0 radical (unpaired) electrons. The molecule has 0 bridgehead atoms. The Bertz CT molecular complexity index is 481. The van der Waals surface area contributed by atoms with E-state index in [1.807, 2.05) is 6.07 Å². The highest BCUT2D eigenvalue weighted by Gasteiger charge is 2.46. The van der Waals surface area contributed by atoms with Gasteiger partial charge in [-0.05, 0) is 11.5 Å². The standard InChI is InChI=1S/C15H19F2NO3/c1-11-7-15(16,17)10-18(13(11)8-19)14(20)21-9-12-5-3-2-4-6-12/h2-6,11,13,19H,7-10H2,1H3. The van der Waals surface area contributed by atoms with Gasteiger partial charge in [-0.3, -0.25) is 4.90 Å². The zero-order valence-electron chi connectivity index (χ0n) is 11.8. The summed E-state index contributed by atoms with van der Waals surface area (Å²) in [6.45, 7) is 0.563. The van der Waals surface area contributed by atoms with Crippen LogP contribution in [0.2, 0.25) is 0 Å². The summed E-state index contributed by atoms with van der Waals surface area (Å²) in [4.78, 5) is 13.0. The number of nitrogens with zero attached hydrogens (tertiary/aromatic N) is 1. The SMILES string of the molecule is CC1CC(F)(F)CN(C(=O)OCc2ccccc2)C1CO. The fraction of sp³-hybridized carbons (Fsp3) is 0.533. The van der Waals surface area contributed by atoms with Crippen molar-refractivity contribution in [3.05, 3.63) is 35.9 Å². The lowest BCUT2D eigenvalue weighted by atomic mass is 9.89. The lowest BCUT2D eigenvalue weighted by Crippen LogP contribution is -2.56. The molecule has 1 fully saturated rings. The predicted octanol–water partition coefficient (Wildman–Crippen LogP) is 2.66. The maximum atomic E-state index is 13.6. The number of likely N-dealkylation sites (tertiary alicyclic amines) is 1. The minimum absolute atomic E-state index is 0.0221. The molecule has 0 aliphatic carbocycles. The second kappa shape index (κ2) is 6.39. The van der Waals surface area contributed by atoms with Gasteiger partial charge in [0, 0.05) is 6.42 Å². The lowest BCUT2D eigenvalue weighted by molar-refractivity contribution is -0.105. The molecular formula is C15H19F2NO3. The zero-order valence-corrected chi connectivity index (χ0v) is 11.8. The number of carbonyl (C=O) groups is 1. The molecule has 1 aliphatic heterocycles. The number of benzene rings is 1. The molecule has 1 aromatic carbocycles. The monoisotopic (exact) mass is 299 g/mol. The molecule has 4 nitrogen and oxygen atoms in total. The number of aliphatic hydroxyl groups is 1. The van der Waals surface area contributed by atoms with Crippen LogP contribution in [-0.4, -0.2) is 41.2 Å². The number of hydrogen-bond acceptors (Lipinski definition) is 3. The molecule has 6 heteroatoms. The van der Waals surface area contributed by atoms with Gasteiger partial charge >= 0.3 is 6.09 Å². The highest BCUT2D eigenvalue weighted by atomic mass is 19.3. The molecule has 116 valence electrons. The van der Waals surface area contributed by atoms with Gasteiger partial charge in [-0.25, -0.2) is 13.6 Å². The molecule has 0 aromatic heterocycles.